The van der Waals surface area contributed by atoms with Crippen molar-refractivity contribution in [2.45, 2.75) is 38.7 Å². The molecule has 0 bridgehead atoms. The maximum Gasteiger partial charge on any atom is 0.418 e. The van der Waals surface area contributed by atoms with Crippen LogP contribution in [0.4, 0.5) is 28.0 Å². The van der Waals surface area contributed by atoms with Gasteiger partial charge in [-0.1, -0.05) is 36.4 Å². The summed E-state index contributed by atoms with van der Waals surface area (Å²) >= 11 is 0. The number of nitrogens with one attached hydrogen (secondary N) is 1. The minimum atomic E-state index is -4.65. The zero-order valence-electron chi connectivity index (χ0n) is 23.6. The fourth-order valence-corrected chi connectivity index (χ4v) is 4.10. The Morgan fingerprint density at radius 2 is 1.60 bits per heavy atom. The number of anilines is 1. The number of hydrogen-bond donors (Lipinski definition) is 2. The van der Waals surface area contributed by atoms with Crippen molar-refractivity contribution in [2.24, 2.45) is 0 Å². The Morgan fingerprint density at radius 1 is 0.930 bits per heavy atom. The molecule has 8 nitrogen and oxygen atoms in total. The molecular formula is C31H34F4N2O6. The molecular weight excluding hydrogens is 572 g/mol. The molecule has 3 aromatic carbocycles. The summed E-state index contributed by atoms with van der Waals surface area (Å²) in [6.07, 6.45) is -5.05. The summed E-state index contributed by atoms with van der Waals surface area (Å²) < 4.78 is 70.1. The molecule has 12 heteroatoms. The summed E-state index contributed by atoms with van der Waals surface area (Å²) in [6, 6.07) is 16.6. The standard InChI is InChI=1S/C31H34F4N2O6/c1-2-42-28(29(38)39)20-22-10-14-25(15-11-22)43-19-17-37(16-5-18-41-21-23-8-12-24(32)13-9-23)30(40)36-27-7-4-3-6-26(27)31(33,34)35/h3-4,6-15,28H,2,5,16-21H2,1H3,(H,36,40)(H,38,39). The van der Waals surface area contributed by atoms with E-state index >= 15 is 0 Å². The molecule has 0 radical (unpaired) electrons. The largest absolute Gasteiger partial charge is 0.492 e. The van der Waals surface area contributed by atoms with E-state index in [1.54, 1.807) is 43.3 Å². The average molecular weight is 607 g/mol. The monoisotopic (exact) mass is 606 g/mol. The van der Waals surface area contributed by atoms with Gasteiger partial charge >= 0.3 is 18.2 Å². The molecule has 0 fully saturated rings. The number of rotatable bonds is 16. The molecule has 43 heavy (non-hydrogen) atoms. The third-order valence-electron chi connectivity index (χ3n) is 6.28. The average Bonchev–Trinajstić information content (AvgIpc) is 2.97. The van der Waals surface area contributed by atoms with Crippen LogP contribution in [0.2, 0.25) is 0 Å². The molecule has 2 N–H and O–H groups in total. The van der Waals surface area contributed by atoms with Crippen LogP contribution < -0.4 is 10.1 Å². The maximum absolute atomic E-state index is 13.5. The number of aliphatic carboxylic acids is 1. The van der Waals surface area contributed by atoms with Gasteiger partial charge in [-0.3, -0.25) is 0 Å². The van der Waals surface area contributed by atoms with Crippen molar-refractivity contribution in [3.8, 4) is 5.75 Å². The summed E-state index contributed by atoms with van der Waals surface area (Å²) in [6.45, 7) is 2.74. The molecule has 232 valence electrons. The summed E-state index contributed by atoms with van der Waals surface area (Å²) in [7, 11) is 0. The smallest absolute Gasteiger partial charge is 0.418 e. The van der Waals surface area contributed by atoms with Gasteiger partial charge in [-0.05, 0) is 60.9 Å². The molecule has 2 amide bonds. The second kappa shape index (κ2) is 16.5. The minimum Gasteiger partial charge on any atom is -0.492 e. The van der Waals surface area contributed by atoms with E-state index in [-0.39, 0.29) is 57.4 Å². The Labute approximate surface area is 247 Å². The Balaban J connectivity index is 1.58. The Bertz CT molecular complexity index is 1300. The molecule has 0 aliphatic heterocycles. The highest BCUT2D eigenvalue weighted by molar-refractivity contribution is 5.90. The first-order valence-corrected chi connectivity index (χ1v) is 13.7. The quantitative estimate of drug-likeness (QED) is 0.145. The van der Waals surface area contributed by atoms with E-state index in [0.29, 0.717) is 12.2 Å². The number of para-hydroxylation sites is 1. The van der Waals surface area contributed by atoms with Crippen molar-refractivity contribution in [1.82, 2.24) is 4.90 Å². The molecule has 3 aromatic rings. The van der Waals surface area contributed by atoms with Gasteiger partial charge < -0.3 is 29.5 Å². The molecule has 0 saturated heterocycles. The number of hydrogen-bond acceptors (Lipinski definition) is 5. The molecule has 0 saturated carbocycles. The molecule has 0 aromatic heterocycles. The molecule has 0 heterocycles. The zero-order valence-corrected chi connectivity index (χ0v) is 23.6. The van der Waals surface area contributed by atoms with Crippen LogP contribution in [0.3, 0.4) is 0 Å². The number of benzene rings is 3. The number of carboxylic acid groups (broad SMARTS) is 1. The van der Waals surface area contributed by atoms with Gasteiger partial charge in [0.05, 0.1) is 24.4 Å². The SMILES string of the molecule is CCOC(Cc1ccc(OCCN(CCCOCc2ccc(F)cc2)C(=O)Nc2ccccc2C(F)(F)F)cc1)C(=O)O. The number of carbonyl (C=O) groups excluding carboxylic acids is 1. The first kappa shape index (κ1) is 33.3. The van der Waals surface area contributed by atoms with Gasteiger partial charge in [-0.25, -0.2) is 14.0 Å². The van der Waals surface area contributed by atoms with Crippen LogP contribution in [-0.2, 0) is 33.5 Å². The lowest BCUT2D eigenvalue weighted by Crippen LogP contribution is -2.39. The highest BCUT2D eigenvalue weighted by Crippen LogP contribution is 2.34. The lowest BCUT2D eigenvalue weighted by molar-refractivity contribution is -0.150. The highest BCUT2D eigenvalue weighted by Gasteiger charge is 2.34. The summed E-state index contributed by atoms with van der Waals surface area (Å²) in [4.78, 5) is 25.7. The van der Waals surface area contributed by atoms with Crippen LogP contribution in [0.25, 0.3) is 0 Å². The molecule has 1 atom stereocenters. The van der Waals surface area contributed by atoms with E-state index in [4.69, 9.17) is 14.2 Å². The summed E-state index contributed by atoms with van der Waals surface area (Å²) in [5.41, 5.74) is 0.186. The van der Waals surface area contributed by atoms with E-state index in [0.717, 1.165) is 17.2 Å². The van der Waals surface area contributed by atoms with Crippen molar-refractivity contribution < 1.29 is 46.5 Å². The second-order valence-electron chi connectivity index (χ2n) is 9.47. The predicted octanol–water partition coefficient (Wildman–Crippen LogP) is 6.40. The van der Waals surface area contributed by atoms with E-state index in [9.17, 15) is 32.3 Å². The van der Waals surface area contributed by atoms with Gasteiger partial charge in [-0.15, -0.1) is 0 Å². The van der Waals surface area contributed by atoms with E-state index in [1.165, 1.54) is 35.2 Å². The lowest BCUT2D eigenvalue weighted by atomic mass is 10.1. The first-order valence-electron chi connectivity index (χ1n) is 13.7. The van der Waals surface area contributed by atoms with Crippen molar-refractivity contribution in [2.75, 3.05) is 38.2 Å². The van der Waals surface area contributed by atoms with Crippen LogP contribution >= 0.6 is 0 Å². The number of carboxylic acids is 1. The normalized spacial score (nSPS) is 12.0. The topological polar surface area (TPSA) is 97.3 Å². The predicted molar refractivity (Wildman–Crippen MR) is 151 cm³/mol. The molecule has 0 spiro atoms. The van der Waals surface area contributed by atoms with Crippen molar-refractivity contribution in [1.29, 1.82) is 0 Å². The van der Waals surface area contributed by atoms with Crippen LogP contribution in [0.5, 0.6) is 5.75 Å². The van der Waals surface area contributed by atoms with Gasteiger partial charge in [0, 0.05) is 26.2 Å². The zero-order chi connectivity index (χ0) is 31.2. The highest BCUT2D eigenvalue weighted by atomic mass is 19.4. The van der Waals surface area contributed by atoms with Gasteiger partial charge in [0.15, 0.2) is 6.10 Å². The van der Waals surface area contributed by atoms with Crippen molar-refractivity contribution in [3.05, 3.63) is 95.3 Å². The van der Waals surface area contributed by atoms with Gasteiger partial charge in [0.25, 0.3) is 0 Å². The Morgan fingerprint density at radius 3 is 2.26 bits per heavy atom. The summed E-state index contributed by atoms with van der Waals surface area (Å²) in [5, 5.41) is 11.6. The number of halogens is 4. The number of ether oxygens (including phenoxy) is 3. The molecule has 3 rings (SSSR count). The second-order valence-corrected chi connectivity index (χ2v) is 9.47. The first-order chi connectivity index (χ1) is 20.6. The van der Waals surface area contributed by atoms with Gasteiger partial charge in [0.2, 0.25) is 0 Å². The van der Waals surface area contributed by atoms with E-state index < -0.39 is 29.8 Å². The Kier molecular flexibility index (Phi) is 12.8. The lowest BCUT2D eigenvalue weighted by Gasteiger charge is -2.24. The number of carbonyl (C=O) groups is 2. The van der Waals surface area contributed by atoms with Crippen LogP contribution in [-0.4, -0.2) is 61.0 Å². The van der Waals surface area contributed by atoms with E-state index in [2.05, 4.69) is 5.32 Å². The number of amides is 2. The number of alkyl halides is 3. The van der Waals surface area contributed by atoms with Gasteiger partial charge in [0.1, 0.15) is 18.2 Å². The van der Waals surface area contributed by atoms with Gasteiger partial charge in [-0.2, -0.15) is 13.2 Å². The molecule has 1 unspecified atom stereocenters. The summed E-state index contributed by atoms with van der Waals surface area (Å²) in [5.74, 6) is -0.944. The fraction of sp³-hybridized carbons (Fsp3) is 0.355. The van der Waals surface area contributed by atoms with Crippen LogP contribution in [0.1, 0.15) is 30.0 Å². The van der Waals surface area contributed by atoms with Crippen LogP contribution in [0.15, 0.2) is 72.8 Å². The van der Waals surface area contributed by atoms with E-state index in [1.807, 2.05) is 0 Å². The number of urea groups is 1. The third-order valence-corrected chi connectivity index (χ3v) is 6.28. The van der Waals surface area contributed by atoms with Crippen molar-refractivity contribution in [3.63, 3.8) is 0 Å². The minimum absolute atomic E-state index is 0.0425. The Hall–Kier alpha value is -4.16. The molecule has 0 aliphatic carbocycles. The fourth-order valence-electron chi connectivity index (χ4n) is 4.10. The van der Waals surface area contributed by atoms with Crippen LogP contribution in [0, 0.1) is 5.82 Å². The molecule has 0 aliphatic rings. The third kappa shape index (κ3) is 11.2. The van der Waals surface area contributed by atoms with Crippen molar-refractivity contribution >= 4 is 17.7 Å². The number of nitrogens with zero attached hydrogens (tertiary/aromatic N) is 1. The maximum atomic E-state index is 13.5.